The number of likely N-dealkylation sites (N-methyl/N-ethyl adjacent to an activating group) is 2. The molecule has 5 heteroatoms. The van der Waals surface area contributed by atoms with E-state index in [1.165, 1.54) is 17.0 Å². The molecule has 0 unspecified atom stereocenters. The fourth-order valence-electron chi connectivity index (χ4n) is 0.403. The third-order valence-electron chi connectivity index (χ3n) is 1.11. The van der Waals surface area contributed by atoms with Crippen LogP contribution in [0, 0.1) is 0 Å². The molecule has 0 aromatic rings. The lowest BCUT2D eigenvalue weighted by molar-refractivity contribution is 0.151. The van der Waals surface area contributed by atoms with Crippen molar-refractivity contribution in [3.05, 3.63) is 0 Å². The van der Waals surface area contributed by atoms with Gasteiger partial charge in [0.1, 0.15) is 0 Å². The van der Waals surface area contributed by atoms with Crippen LogP contribution >= 0.6 is 0 Å². The summed E-state index contributed by atoms with van der Waals surface area (Å²) in [5.74, 6) is 5.25. The van der Waals surface area contributed by atoms with Crippen LogP contribution < -0.4 is 5.84 Å². The van der Waals surface area contributed by atoms with Gasteiger partial charge in [-0.1, -0.05) is 0 Å². The molecule has 3 N–H and O–H groups in total. The molecule has 0 aromatic carbocycles. The number of hydrogen-bond donors (Lipinski definition) is 2. The third kappa shape index (κ3) is 4.11. The van der Waals surface area contributed by atoms with Gasteiger partial charge in [0.25, 0.3) is 0 Å². The zero-order valence-electron chi connectivity index (χ0n) is 6.24. The maximum atomic E-state index is 10.2. The average molecular weight is 147 g/mol. The highest BCUT2D eigenvalue weighted by Crippen LogP contribution is 1.82. The lowest BCUT2D eigenvalue weighted by Crippen LogP contribution is -2.36. The van der Waals surface area contributed by atoms with Gasteiger partial charge in [-0.15, -0.1) is 0 Å². The van der Waals surface area contributed by atoms with Gasteiger partial charge in [-0.2, -0.15) is 0 Å². The summed E-state index contributed by atoms with van der Waals surface area (Å²) in [6.07, 6.45) is -0.929. The average Bonchev–Trinajstić information content (AvgIpc) is 1.82. The Balaban J connectivity index is 3.40. The topological polar surface area (TPSA) is 69.8 Å². The quantitative estimate of drug-likeness (QED) is 0.413. The summed E-state index contributed by atoms with van der Waals surface area (Å²) in [7, 11) is 3.20. The lowest BCUT2D eigenvalue weighted by Gasteiger charge is -2.15. The van der Waals surface area contributed by atoms with Gasteiger partial charge in [-0.25, -0.2) is 9.80 Å². The minimum Gasteiger partial charge on any atom is -0.465 e. The molecule has 0 atom stereocenters. The predicted octanol–water partition coefficient (Wildman–Crippen LogP) is -0.598. The summed E-state index contributed by atoms with van der Waals surface area (Å²) in [5.41, 5.74) is 0. The molecular formula is C5H13N3O2. The van der Waals surface area contributed by atoms with Crippen molar-refractivity contribution in [1.29, 1.82) is 0 Å². The summed E-state index contributed by atoms with van der Waals surface area (Å²) in [6, 6.07) is 0. The van der Waals surface area contributed by atoms with Crippen LogP contribution in [-0.2, 0) is 0 Å². The number of hydrogen-bond acceptors (Lipinski definition) is 3. The van der Waals surface area contributed by atoms with Crippen molar-refractivity contribution in [3.8, 4) is 0 Å². The molecule has 0 aromatic heterocycles. The summed E-state index contributed by atoms with van der Waals surface area (Å²) in [4.78, 5) is 11.4. The minimum atomic E-state index is -0.929. The summed E-state index contributed by atoms with van der Waals surface area (Å²) in [5, 5.41) is 9.81. The van der Waals surface area contributed by atoms with Crippen LogP contribution in [0.25, 0.3) is 0 Å². The highest BCUT2D eigenvalue weighted by atomic mass is 16.4. The van der Waals surface area contributed by atoms with E-state index >= 15 is 0 Å². The second-order valence-electron chi connectivity index (χ2n) is 2.18. The van der Waals surface area contributed by atoms with E-state index in [-0.39, 0.29) is 0 Å². The number of nitrogens with two attached hydrogens (primary N) is 1. The zero-order chi connectivity index (χ0) is 8.15. The van der Waals surface area contributed by atoms with Crippen molar-refractivity contribution in [3.63, 3.8) is 0 Å². The summed E-state index contributed by atoms with van der Waals surface area (Å²) >= 11 is 0. The van der Waals surface area contributed by atoms with Crippen LogP contribution in [0.15, 0.2) is 0 Å². The van der Waals surface area contributed by atoms with Crippen molar-refractivity contribution in [2.24, 2.45) is 5.84 Å². The molecule has 0 spiro atoms. The highest BCUT2D eigenvalue weighted by Gasteiger charge is 2.03. The van der Waals surface area contributed by atoms with Crippen molar-refractivity contribution in [1.82, 2.24) is 9.91 Å². The molecule has 0 aliphatic rings. The van der Waals surface area contributed by atoms with Gasteiger partial charge in [0.05, 0.1) is 0 Å². The van der Waals surface area contributed by atoms with Crippen LogP contribution in [0.5, 0.6) is 0 Å². The minimum absolute atomic E-state index is 0.433. The maximum Gasteiger partial charge on any atom is 0.407 e. The number of rotatable bonds is 3. The molecule has 0 radical (unpaired) electrons. The highest BCUT2D eigenvalue weighted by molar-refractivity contribution is 5.64. The summed E-state index contributed by atoms with van der Waals surface area (Å²) in [6.45, 7) is 0.977. The molecule has 0 aliphatic carbocycles. The second-order valence-corrected chi connectivity index (χ2v) is 2.18. The molecule has 0 aliphatic heterocycles. The Morgan fingerprint density at radius 3 is 2.30 bits per heavy atom. The standard InChI is InChI=1S/C5H13N3O2/c1-7(5(9)10)3-4-8(2)6/h3-4,6H2,1-2H3,(H,9,10). The first kappa shape index (κ1) is 9.19. The SMILES string of the molecule is CN(N)CCN(C)C(=O)O. The van der Waals surface area contributed by atoms with Gasteiger partial charge in [0, 0.05) is 27.2 Å². The summed E-state index contributed by atoms with van der Waals surface area (Å²) < 4.78 is 0. The predicted molar refractivity (Wildman–Crippen MR) is 37.5 cm³/mol. The van der Waals surface area contributed by atoms with Crippen molar-refractivity contribution in [2.75, 3.05) is 27.2 Å². The van der Waals surface area contributed by atoms with E-state index in [0.717, 1.165) is 0 Å². The van der Waals surface area contributed by atoms with Crippen LogP contribution in [0.3, 0.4) is 0 Å². The number of hydrazine groups is 1. The van der Waals surface area contributed by atoms with Gasteiger partial charge < -0.3 is 10.0 Å². The third-order valence-corrected chi connectivity index (χ3v) is 1.11. The van der Waals surface area contributed by atoms with E-state index in [0.29, 0.717) is 13.1 Å². The Morgan fingerprint density at radius 2 is 2.00 bits per heavy atom. The molecular weight excluding hydrogens is 134 g/mol. The molecule has 0 heterocycles. The molecule has 60 valence electrons. The van der Waals surface area contributed by atoms with E-state index in [1.54, 1.807) is 7.05 Å². The van der Waals surface area contributed by atoms with Crippen LogP contribution in [0.4, 0.5) is 4.79 Å². The Kier molecular flexibility index (Phi) is 3.75. The van der Waals surface area contributed by atoms with Gasteiger partial charge in [-0.3, -0.25) is 5.84 Å². The zero-order valence-corrected chi connectivity index (χ0v) is 6.24. The molecule has 0 bridgehead atoms. The Morgan fingerprint density at radius 1 is 1.50 bits per heavy atom. The van der Waals surface area contributed by atoms with Crippen molar-refractivity contribution >= 4 is 6.09 Å². The first-order chi connectivity index (χ1) is 4.54. The fraction of sp³-hybridized carbons (Fsp3) is 0.800. The van der Waals surface area contributed by atoms with Gasteiger partial charge >= 0.3 is 6.09 Å². The number of nitrogens with zero attached hydrogens (tertiary/aromatic N) is 2. The molecule has 1 amide bonds. The largest absolute Gasteiger partial charge is 0.465 e. The number of carboxylic acid groups (broad SMARTS) is 1. The smallest absolute Gasteiger partial charge is 0.407 e. The molecule has 0 fully saturated rings. The molecule has 0 saturated heterocycles. The van der Waals surface area contributed by atoms with E-state index in [1.807, 2.05) is 0 Å². The molecule has 5 nitrogen and oxygen atoms in total. The lowest BCUT2D eigenvalue weighted by atomic mass is 10.5. The fourth-order valence-corrected chi connectivity index (χ4v) is 0.403. The van der Waals surface area contributed by atoms with Gasteiger partial charge in [0.15, 0.2) is 0 Å². The van der Waals surface area contributed by atoms with E-state index < -0.39 is 6.09 Å². The monoisotopic (exact) mass is 147 g/mol. The van der Waals surface area contributed by atoms with E-state index in [9.17, 15) is 4.79 Å². The number of amides is 1. The Hall–Kier alpha value is -0.810. The van der Waals surface area contributed by atoms with Crippen LogP contribution in [0.1, 0.15) is 0 Å². The van der Waals surface area contributed by atoms with Crippen molar-refractivity contribution < 1.29 is 9.90 Å². The van der Waals surface area contributed by atoms with Crippen LogP contribution in [0.2, 0.25) is 0 Å². The molecule has 0 saturated carbocycles. The first-order valence-corrected chi connectivity index (χ1v) is 2.94. The Bertz CT molecular complexity index is 115. The normalized spacial score (nSPS) is 10.0. The molecule has 10 heavy (non-hydrogen) atoms. The van der Waals surface area contributed by atoms with Crippen LogP contribution in [-0.4, -0.2) is 48.3 Å². The van der Waals surface area contributed by atoms with E-state index in [4.69, 9.17) is 10.9 Å². The first-order valence-electron chi connectivity index (χ1n) is 2.94. The maximum absolute atomic E-state index is 10.2. The molecule has 0 rings (SSSR count). The van der Waals surface area contributed by atoms with Crippen molar-refractivity contribution in [2.45, 2.75) is 0 Å². The van der Waals surface area contributed by atoms with Gasteiger partial charge in [0.2, 0.25) is 0 Å². The van der Waals surface area contributed by atoms with Gasteiger partial charge in [-0.05, 0) is 0 Å². The van der Waals surface area contributed by atoms with E-state index in [2.05, 4.69) is 0 Å². The Labute approximate surface area is 60.0 Å². The number of carbonyl (C=O) groups is 1. The second kappa shape index (κ2) is 4.08.